The summed E-state index contributed by atoms with van der Waals surface area (Å²) >= 11 is 0. The van der Waals surface area contributed by atoms with Crippen molar-refractivity contribution in [3.63, 3.8) is 0 Å². The first kappa shape index (κ1) is 18.2. The number of amides is 1. The van der Waals surface area contributed by atoms with E-state index >= 15 is 0 Å². The molecule has 0 unspecified atom stereocenters. The highest BCUT2D eigenvalue weighted by molar-refractivity contribution is 5.68. The van der Waals surface area contributed by atoms with E-state index in [1.54, 1.807) is 0 Å². The Morgan fingerprint density at radius 2 is 2.08 bits per heavy atom. The minimum atomic E-state index is -0.568. The average Bonchev–Trinajstić information content (AvgIpc) is 2.58. The summed E-state index contributed by atoms with van der Waals surface area (Å²) < 4.78 is 18.8. The molecule has 1 aromatic carbocycles. The van der Waals surface area contributed by atoms with Crippen LogP contribution >= 0.6 is 0 Å². The van der Waals surface area contributed by atoms with Crippen LogP contribution in [0.15, 0.2) is 42.6 Å². The standard InChI is InChI=1S/C20H24FN3O2/c1-20(2,3)26-19(25)24-18(13-7-5-4-6-8-13)14-9-16-17(22-11-14)10-15(21)12-23-16/h4-8,10,12,14,18,22H,9,11H2,1-3H3,(H,24,25)/t14-,18-/m1/s1. The van der Waals surface area contributed by atoms with Gasteiger partial charge < -0.3 is 15.4 Å². The van der Waals surface area contributed by atoms with E-state index in [1.807, 2.05) is 51.1 Å². The van der Waals surface area contributed by atoms with E-state index < -0.39 is 11.7 Å². The highest BCUT2D eigenvalue weighted by Gasteiger charge is 2.31. The molecule has 1 aromatic heterocycles. The van der Waals surface area contributed by atoms with Crippen molar-refractivity contribution in [3.8, 4) is 0 Å². The number of ether oxygens (including phenoxy) is 1. The Hall–Kier alpha value is -2.63. The fourth-order valence-electron chi connectivity index (χ4n) is 3.15. The molecule has 6 heteroatoms. The van der Waals surface area contributed by atoms with Gasteiger partial charge in [0.25, 0.3) is 0 Å². The Kier molecular flexibility index (Phi) is 5.11. The van der Waals surface area contributed by atoms with Crippen molar-refractivity contribution in [1.29, 1.82) is 0 Å². The number of halogens is 1. The summed E-state index contributed by atoms with van der Waals surface area (Å²) in [4.78, 5) is 16.6. The molecule has 0 fully saturated rings. The summed E-state index contributed by atoms with van der Waals surface area (Å²) in [5.74, 6) is -0.295. The van der Waals surface area contributed by atoms with Crippen molar-refractivity contribution in [2.45, 2.75) is 38.8 Å². The predicted molar refractivity (Wildman–Crippen MR) is 98.4 cm³/mol. The topological polar surface area (TPSA) is 63.2 Å². The molecular weight excluding hydrogens is 333 g/mol. The number of carbonyl (C=O) groups excluding carboxylic acids is 1. The molecule has 1 aliphatic heterocycles. The highest BCUT2D eigenvalue weighted by atomic mass is 19.1. The second-order valence-corrected chi connectivity index (χ2v) is 7.53. The van der Waals surface area contributed by atoms with Crippen molar-refractivity contribution in [2.24, 2.45) is 5.92 Å². The maximum atomic E-state index is 13.4. The van der Waals surface area contributed by atoms with Gasteiger partial charge in [0, 0.05) is 18.5 Å². The van der Waals surface area contributed by atoms with Crippen molar-refractivity contribution < 1.29 is 13.9 Å². The number of nitrogens with zero attached hydrogens (tertiary/aromatic N) is 1. The minimum Gasteiger partial charge on any atom is -0.444 e. The van der Waals surface area contributed by atoms with E-state index in [4.69, 9.17) is 4.74 Å². The van der Waals surface area contributed by atoms with E-state index in [-0.39, 0.29) is 17.8 Å². The monoisotopic (exact) mass is 357 g/mol. The lowest BCUT2D eigenvalue weighted by atomic mass is 9.86. The summed E-state index contributed by atoms with van der Waals surface area (Å²) in [6.45, 7) is 6.11. The predicted octanol–water partition coefficient (Wildman–Crippen LogP) is 4.07. The third-order valence-electron chi connectivity index (χ3n) is 4.25. The summed E-state index contributed by atoms with van der Waals surface area (Å²) in [7, 11) is 0. The molecule has 0 spiro atoms. The number of pyridine rings is 1. The fourth-order valence-corrected chi connectivity index (χ4v) is 3.15. The molecule has 0 saturated heterocycles. The average molecular weight is 357 g/mol. The van der Waals surface area contributed by atoms with Gasteiger partial charge in [-0.25, -0.2) is 9.18 Å². The van der Waals surface area contributed by atoms with Crippen molar-refractivity contribution >= 4 is 11.8 Å². The van der Waals surface area contributed by atoms with Gasteiger partial charge in [-0.3, -0.25) is 4.98 Å². The summed E-state index contributed by atoms with van der Waals surface area (Å²) in [6, 6.07) is 11.0. The van der Waals surface area contributed by atoms with Gasteiger partial charge in [0.05, 0.1) is 23.6 Å². The number of hydrogen-bond donors (Lipinski definition) is 2. The van der Waals surface area contributed by atoms with Crippen LogP contribution in [0, 0.1) is 11.7 Å². The Morgan fingerprint density at radius 3 is 2.77 bits per heavy atom. The number of hydrogen-bond acceptors (Lipinski definition) is 4. The van der Waals surface area contributed by atoms with E-state index in [2.05, 4.69) is 15.6 Å². The molecule has 26 heavy (non-hydrogen) atoms. The second kappa shape index (κ2) is 7.32. The fraction of sp³-hybridized carbons (Fsp3) is 0.400. The lowest BCUT2D eigenvalue weighted by molar-refractivity contribution is 0.0485. The van der Waals surface area contributed by atoms with Crippen LogP contribution in [-0.4, -0.2) is 23.2 Å². The lowest BCUT2D eigenvalue weighted by Crippen LogP contribution is -2.41. The molecule has 0 aliphatic carbocycles. The Labute approximate surface area is 153 Å². The van der Waals surface area contributed by atoms with Crippen molar-refractivity contribution in [1.82, 2.24) is 10.3 Å². The molecule has 2 N–H and O–H groups in total. The Bertz CT molecular complexity index is 774. The van der Waals surface area contributed by atoms with Crippen LogP contribution in [0.25, 0.3) is 0 Å². The van der Waals surface area contributed by atoms with E-state index in [1.165, 1.54) is 12.3 Å². The molecule has 2 aromatic rings. The molecule has 0 radical (unpaired) electrons. The molecule has 1 aliphatic rings. The van der Waals surface area contributed by atoms with Crippen LogP contribution < -0.4 is 10.6 Å². The quantitative estimate of drug-likeness (QED) is 0.869. The van der Waals surface area contributed by atoms with Gasteiger partial charge in [-0.15, -0.1) is 0 Å². The maximum Gasteiger partial charge on any atom is 0.408 e. The molecule has 2 atom stereocenters. The van der Waals surface area contributed by atoms with E-state index in [0.717, 1.165) is 11.3 Å². The molecular formula is C20H24FN3O2. The second-order valence-electron chi connectivity index (χ2n) is 7.53. The van der Waals surface area contributed by atoms with Crippen molar-refractivity contribution in [2.75, 3.05) is 11.9 Å². The van der Waals surface area contributed by atoms with Crippen LogP contribution in [0.1, 0.15) is 38.1 Å². The van der Waals surface area contributed by atoms with Crippen LogP contribution in [0.3, 0.4) is 0 Å². The van der Waals surface area contributed by atoms with Crippen LogP contribution in [0.2, 0.25) is 0 Å². The van der Waals surface area contributed by atoms with Gasteiger partial charge in [-0.1, -0.05) is 30.3 Å². The maximum absolute atomic E-state index is 13.4. The minimum absolute atomic E-state index is 0.0652. The molecule has 0 bridgehead atoms. The number of aromatic nitrogens is 1. The zero-order valence-electron chi connectivity index (χ0n) is 15.3. The molecule has 5 nitrogen and oxygen atoms in total. The Balaban J connectivity index is 1.82. The highest BCUT2D eigenvalue weighted by Crippen LogP contribution is 2.31. The van der Waals surface area contributed by atoms with Crippen LogP contribution in [0.5, 0.6) is 0 Å². The summed E-state index contributed by atoms with van der Waals surface area (Å²) in [5, 5.41) is 6.23. The smallest absolute Gasteiger partial charge is 0.408 e. The number of anilines is 1. The van der Waals surface area contributed by atoms with Gasteiger partial charge in [-0.05, 0) is 32.8 Å². The molecule has 1 amide bonds. The number of alkyl carbamates (subject to hydrolysis) is 1. The molecule has 138 valence electrons. The van der Waals surface area contributed by atoms with Gasteiger partial charge >= 0.3 is 6.09 Å². The first-order valence-corrected chi connectivity index (χ1v) is 8.74. The first-order chi connectivity index (χ1) is 12.3. The van der Waals surface area contributed by atoms with Gasteiger partial charge in [0.1, 0.15) is 11.4 Å². The van der Waals surface area contributed by atoms with Gasteiger partial charge in [-0.2, -0.15) is 0 Å². The third kappa shape index (κ3) is 4.50. The summed E-state index contributed by atoms with van der Waals surface area (Å²) in [6.07, 6.45) is 1.41. The number of nitrogens with one attached hydrogen (secondary N) is 2. The van der Waals surface area contributed by atoms with Crippen LogP contribution in [-0.2, 0) is 11.2 Å². The lowest BCUT2D eigenvalue weighted by Gasteiger charge is -2.33. The zero-order chi connectivity index (χ0) is 18.7. The Morgan fingerprint density at radius 1 is 1.35 bits per heavy atom. The molecule has 0 saturated carbocycles. The van der Waals surface area contributed by atoms with Crippen LogP contribution in [0.4, 0.5) is 14.9 Å². The van der Waals surface area contributed by atoms with E-state index in [0.29, 0.717) is 18.7 Å². The normalized spacial score (nSPS) is 17.6. The number of fused-ring (bicyclic) bond motifs is 1. The van der Waals surface area contributed by atoms with Crippen molar-refractivity contribution in [3.05, 3.63) is 59.7 Å². The molecule has 3 rings (SSSR count). The van der Waals surface area contributed by atoms with Gasteiger partial charge in [0.15, 0.2) is 0 Å². The molecule has 2 heterocycles. The SMILES string of the molecule is CC(C)(C)OC(=O)N[C@H](c1ccccc1)[C@H]1CNc2cc(F)cnc2C1. The third-order valence-corrected chi connectivity index (χ3v) is 4.25. The summed E-state index contributed by atoms with van der Waals surface area (Å²) in [5.41, 5.74) is 1.94. The largest absolute Gasteiger partial charge is 0.444 e. The zero-order valence-corrected chi connectivity index (χ0v) is 15.3. The number of benzene rings is 1. The number of rotatable bonds is 3. The van der Waals surface area contributed by atoms with E-state index in [9.17, 15) is 9.18 Å². The number of carbonyl (C=O) groups is 1. The van der Waals surface area contributed by atoms with Gasteiger partial charge in [0.2, 0.25) is 0 Å². The first-order valence-electron chi connectivity index (χ1n) is 8.74.